The van der Waals surface area contributed by atoms with Crippen molar-refractivity contribution < 1.29 is 9.59 Å². The third kappa shape index (κ3) is 5.64. The van der Waals surface area contributed by atoms with Crippen LogP contribution >= 0.6 is 0 Å². The average molecular weight is 367 g/mol. The van der Waals surface area contributed by atoms with E-state index in [1.807, 2.05) is 42.2 Å². The van der Waals surface area contributed by atoms with Gasteiger partial charge < -0.3 is 9.80 Å². The number of hydrogen-bond donors (Lipinski definition) is 0. The van der Waals surface area contributed by atoms with Gasteiger partial charge in [0.05, 0.1) is 0 Å². The number of amides is 2. The topological polar surface area (TPSA) is 53.5 Å². The lowest BCUT2D eigenvalue weighted by Gasteiger charge is -2.23. The summed E-state index contributed by atoms with van der Waals surface area (Å²) in [7, 11) is 0. The van der Waals surface area contributed by atoms with E-state index in [9.17, 15) is 9.59 Å². The summed E-state index contributed by atoms with van der Waals surface area (Å²) in [5.41, 5.74) is 1.90. The molecule has 0 unspecified atom stereocenters. The molecule has 0 fully saturated rings. The van der Waals surface area contributed by atoms with E-state index in [4.69, 9.17) is 0 Å². The first kappa shape index (κ1) is 20.6. The van der Waals surface area contributed by atoms with Crippen LogP contribution < -0.4 is 0 Å². The van der Waals surface area contributed by atoms with Gasteiger partial charge in [-0.1, -0.05) is 44.2 Å². The Bertz CT molecular complexity index is 740. The average Bonchev–Trinajstić information content (AvgIpc) is 2.71. The molecular formula is C22H29N3O2. The lowest BCUT2D eigenvalue weighted by molar-refractivity contribution is 0.0746. The third-order valence-corrected chi connectivity index (χ3v) is 4.39. The van der Waals surface area contributed by atoms with Crippen molar-refractivity contribution in [2.45, 2.75) is 40.2 Å². The van der Waals surface area contributed by atoms with E-state index in [0.29, 0.717) is 37.4 Å². The number of aromatic nitrogens is 1. The van der Waals surface area contributed by atoms with E-state index in [0.717, 1.165) is 18.4 Å². The van der Waals surface area contributed by atoms with Crippen molar-refractivity contribution in [3.8, 4) is 0 Å². The number of carbonyl (C=O) groups excluding carboxylic acids is 2. The van der Waals surface area contributed by atoms with Crippen molar-refractivity contribution in [2.24, 2.45) is 0 Å². The predicted molar refractivity (Wildman–Crippen MR) is 108 cm³/mol. The summed E-state index contributed by atoms with van der Waals surface area (Å²) in [5, 5.41) is 0. The van der Waals surface area contributed by atoms with Crippen molar-refractivity contribution >= 4 is 11.8 Å². The van der Waals surface area contributed by atoms with E-state index in [-0.39, 0.29) is 11.8 Å². The Morgan fingerprint density at radius 3 is 2.15 bits per heavy atom. The Hall–Kier alpha value is -2.69. The van der Waals surface area contributed by atoms with Crippen LogP contribution in [0.2, 0.25) is 0 Å². The molecule has 144 valence electrons. The molecule has 0 aliphatic heterocycles. The molecular weight excluding hydrogens is 338 g/mol. The van der Waals surface area contributed by atoms with Crippen LogP contribution in [0.1, 0.15) is 60.0 Å². The van der Waals surface area contributed by atoms with Crippen LogP contribution in [-0.2, 0) is 6.54 Å². The number of pyridine rings is 1. The second-order valence-corrected chi connectivity index (χ2v) is 6.53. The first-order valence-electron chi connectivity index (χ1n) is 9.69. The van der Waals surface area contributed by atoms with Gasteiger partial charge in [-0.2, -0.15) is 0 Å². The number of rotatable bonds is 9. The zero-order valence-corrected chi connectivity index (χ0v) is 16.5. The Morgan fingerprint density at radius 2 is 1.56 bits per heavy atom. The molecule has 0 spiro atoms. The van der Waals surface area contributed by atoms with E-state index in [1.54, 1.807) is 23.2 Å². The molecule has 1 heterocycles. The van der Waals surface area contributed by atoms with Crippen LogP contribution in [0.4, 0.5) is 0 Å². The fraction of sp³-hybridized carbons (Fsp3) is 0.409. The van der Waals surface area contributed by atoms with Gasteiger partial charge in [0.25, 0.3) is 11.8 Å². The van der Waals surface area contributed by atoms with Gasteiger partial charge >= 0.3 is 0 Å². The fourth-order valence-corrected chi connectivity index (χ4v) is 3.01. The van der Waals surface area contributed by atoms with Crippen molar-refractivity contribution in [3.63, 3.8) is 0 Å². The molecule has 0 atom stereocenters. The second-order valence-electron chi connectivity index (χ2n) is 6.53. The van der Waals surface area contributed by atoms with E-state index in [2.05, 4.69) is 18.8 Å². The monoisotopic (exact) mass is 367 g/mol. The third-order valence-electron chi connectivity index (χ3n) is 4.39. The Kier molecular flexibility index (Phi) is 7.99. The number of nitrogens with zero attached hydrogens (tertiary/aromatic N) is 3. The zero-order chi connectivity index (χ0) is 19.6. The number of hydrogen-bond acceptors (Lipinski definition) is 3. The second kappa shape index (κ2) is 10.5. The zero-order valence-electron chi connectivity index (χ0n) is 16.5. The maximum atomic E-state index is 12.9. The fourth-order valence-electron chi connectivity index (χ4n) is 3.01. The molecule has 0 aliphatic carbocycles. The standard InChI is InChI=1S/C22H29N3O2/c1-4-14-25(15-5-2)21(26)19-12-13-23-20(16-19)22(27)24(6-3)17-18-10-8-7-9-11-18/h7-13,16H,4-6,14-15,17H2,1-3H3. The Balaban J connectivity index is 2.19. The summed E-state index contributed by atoms with van der Waals surface area (Å²) >= 11 is 0. The molecule has 0 aliphatic rings. The summed E-state index contributed by atoms with van der Waals surface area (Å²) < 4.78 is 0. The van der Waals surface area contributed by atoms with Gasteiger partial charge in [-0.25, -0.2) is 0 Å². The normalized spacial score (nSPS) is 10.5. The summed E-state index contributed by atoms with van der Waals surface area (Å²) in [6, 6.07) is 13.2. The van der Waals surface area contributed by atoms with Gasteiger partial charge in [0.15, 0.2) is 0 Å². The number of carbonyl (C=O) groups is 2. The quantitative estimate of drug-likeness (QED) is 0.673. The van der Waals surface area contributed by atoms with Crippen LogP contribution in [0.15, 0.2) is 48.7 Å². The Labute approximate surface area is 162 Å². The highest BCUT2D eigenvalue weighted by atomic mass is 16.2. The highest BCUT2D eigenvalue weighted by Gasteiger charge is 2.20. The highest BCUT2D eigenvalue weighted by Crippen LogP contribution is 2.12. The molecule has 1 aromatic heterocycles. The smallest absolute Gasteiger partial charge is 0.272 e. The van der Waals surface area contributed by atoms with Gasteiger partial charge in [0.1, 0.15) is 5.69 Å². The van der Waals surface area contributed by atoms with E-state index in [1.165, 1.54) is 0 Å². The lowest BCUT2D eigenvalue weighted by atomic mass is 10.1. The van der Waals surface area contributed by atoms with Crippen LogP contribution in [0.5, 0.6) is 0 Å². The molecule has 27 heavy (non-hydrogen) atoms. The van der Waals surface area contributed by atoms with Gasteiger partial charge in [0, 0.05) is 37.9 Å². The molecule has 0 saturated heterocycles. The van der Waals surface area contributed by atoms with Crippen LogP contribution in [0.25, 0.3) is 0 Å². The molecule has 5 heteroatoms. The van der Waals surface area contributed by atoms with Crippen molar-refractivity contribution in [1.82, 2.24) is 14.8 Å². The van der Waals surface area contributed by atoms with Crippen LogP contribution in [0, 0.1) is 0 Å². The molecule has 2 amide bonds. The van der Waals surface area contributed by atoms with Crippen molar-refractivity contribution in [3.05, 3.63) is 65.5 Å². The first-order chi connectivity index (χ1) is 13.1. The minimum Gasteiger partial charge on any atom is -0.339 e. The number of benzene rings is 1. The van der Waals surface area contributed by atoms with Gasteiger partial charge in [0.2, 0.25) is 0 Å². The summed E-state index contributed by atoms with van der Waals surface area (Å²) in [5.74, 6) is -0.199. The molecule has 0 bridgehead atoms. The molecule has 0 N–H and O–H groups in total. The molecule has 2 aromatic rings. The minimum absolute atomic E-state index is 0.0405. The van der Waals surface area contributed by atoms with Gasteiger partial charge in [-0.05, 0) is 37.5 Å². The first-order valence-corrected chi connectivity index (χ1v) is 9.69. The minimum atomic E-state index is -0.159. The molecule has 2 rings (SSSR count). The SMILES string of the molecule is CCCN(CCC)C(=O)c1ccnc(C(=O)N(CC)Cc2ccccc2)c1. The molecule has 0 radical (unpaired) electrons. The predicted octanol–water partition coefficient (Wildman–Crippen LogP) is 4.01. The lowest BCUT2D eigenvalue weighted by Crippen LogP contribution is -2.33. The summed E-state index contributed by atoms with van der Waals surface area (Å²) in [6.45, 7) is 8.58. The Morgan fingerprint density at radius 1 is 0.889 bits per heavy atom. The maximum absolute atomic E-state index is 12.9. The van der Waals surface area contributed by atoms with E-state index >= 15 is 0 Å². The molecule has 1 aromatic carbocycles. The van der Waals surface area contributed by atoms with E-state index < -0.39 is 0 Å². The summed E-state index contributed by atoms with van der Waals surface area (Å²) in [6.07, 6.45) is 3.36. The van der Waals surface area contributed by atoms with Crippen molar-refractivity contribution in [2.75, 3.05) is 19.6 Å². The van der Waals surface area contributed by atoms with Gasteiger partial charge in [-0.3, -0.25) is 14.6 Å². The molecule has 5 nitrogen and oxygen atoms in total. The van der Waals surface area contributed by atoms with Crippen LogP contribution in [-0.4, -0.2) is 46.2 Å². The maximum Gasteiger partial charge on any atom is 0.272 e. The largest absolute Gasteiger partial charge is 0.339 e. The summed E-state index contributed by atoms with van der Waals surface area (Å²) in [4.78, 5) is 33.5. The van der Waals surface area contributed by atoms with Crippen molar-refractivity contribution in [1.29, 1.82) is 0 Å². The molecule has 0 saturated carbocycles. The highest BCUT2D eigenvalue weighted by molar-refractivity contribution is 5.98. The van der Waals surface area contributed by atoms with Crippen LogP contribution in [0.3, 0.4) is 0 Å². The van der Waals surface area contributed by atoms with Gasteiger partial charge in [-0.15, -0.1) is 0 Å².